The van der Waals surface area contributed by atoms with E-state index in [1.165, 1.54) is 0 Å². The average molecular weight is 249 g/mol. The van der Waals surface area contributed by atoms with E-state index in [0.717, 1.165) is 17.0 Å². The van der Waals surface area contributed by atoms with Crippen molar-refractivity contribution < 1.29 is 18.3 Å². The number of rotatable bonds is 3. The van der Waals surface area contributed by atoms with Gasteiger partial charge in [0, 0.05) is 6.54 Å². The van der Waals surface area contributed by atoms with Crippen molar-refractivity contribution in [2.75, 3.05) is 12.8 Å². The molecule has 16 heavy (non-hydrogen) atoms. The second-order valence-corrected chi connectivity index (χ2v) is 6.70. The molecule has 0 radical (unpaired) electrons. The molecule has 0 saturated carbocycles. The van der Waals surface area contributed by atoms with Gasteiger partial charge in [-0.1, -0.05) is 13.8 Å². The predicted molar refractivity (Wildman–Crippen MR) is 60.5 cm³/mol. The summed E-state index contributed by atoms with van der Waals surface area (Å²) in [6.45, 7) is 4.39. The summed E-state index contributed by atoms with van der Waals surface area (Å²) in [6, 6.07) is -0.884. The molecule has 1 aliphatic heterocycles. The summed E-state index contributed by atoms with van der Waals surface area (Å²) in [4.78, 5) is 11.0. The van der Waals surface area contributed by atoms with Crippen molar-refractivity contribution in [1.82, 2.24) is 4.31 Å². The molecule has 5 nitrogen and oxygen atoms in total. The monoisotopic (exact) mass is 249 g/mol. The van der Waals surface area contributed by atoms with E-state index in [-0.39, 0.29) is 5.92 Å². The Kier molecular flexibility index (Phi) is 3.96. The highest BCUT2D eigenvalue weighted by Gasteiger charge is 2.38. The van der Waals surface area contributed by atoms with Gasteiger partial charge in [0.15, 0.2) is 0 Å². The second kappa shape index (κ2) is 4.71. The molecule has 0 spiro atoms. The van der Waals surface area contributed by atoms with Crippen LogP contribution < -0.4 is 0 Å². The van der Waals surface area contributed by atoms with Crippen LogP contribution in [-0.4, -0.2) is 42.6 Å². The lowest BCUT2D eigenvalue weighted by Gasteiger charge is -2.37. The molecule has 0 amide bonds. The number of carboxylic acids is 1. The highest BCUT2D eigenvalue weighted by Crippen LogP contribution is 2.29. The molecule has 2 unspecified atom stereocenters. The van der Waals surface area contributed by atoms with Crippen LogP contribution in [0, 0.1) is 11.8 Å². The third kappa shape index (κ3) is 2.95. The number of hydrogen-bond acceptors (Lipinski definition) is 3. The fourth-order valence-corrected chi connectivity index (χ4v) is 3.24. The van der Waals surface area contributed by atoms with Crippen molar-refractivity contribution in [1.29, 1.82) is 0 Å². The minimum Gasteiger partial charge on any atom is -0.480 e. The fourth-order valence-electron chi connectivity index (χ4n) is 2.12. The van der Waals surface area contributed by atoms with Crippen LogP contribution in [0.2, 0.25) is 0 Å². The van der Waals surface area contributed by atoms with Crippen LogP contribution in [0.5, 0.6) is 0 Å². The first-order valence-corrected chi connectivity index (χ1v) is 7.28. The summed E-state index contributed by atoms with van der Waals surface area (Å²) in [7, 11) is -3.43. The predicted octanol–water partition coefficient (Wildman–Crippen LogP) is 0.767. The van der Waals surface area contributed by atoms with E-state index < -0.39 is 22.0 Å². The van der Waals surface area contributed by atoms with E-state index >= 15 is 0 Å². The molecule has 1 heterocycles. The van der Waals surface area contributed by atoms with Crippen molar-refractivity contribution in [3.05, 3.63) is 0 Å². The number of sulfonamides is 1. The summed E-state index contributed by atoms with van der Waals surface area (Å²) < 4.78 is 24.2. The van der Waals surface area contributed by atoms with Gasteiger partial charge in [-0.05, 0) is 24.7 Å². The molecule has 0 aromatic heterocycles. The molecule has 1 aliphatic rings. The lowest BCUT2D eigenvalue weighted by molar-refractivity contribution is -0.143. The molecule has 0 bridgehead atoms. The fraction of sp³-hybridized carbons (Fsp3) is 0.900. The second-order valence-electron chi connectivity index (χ2n) is 4.77. The zero-order valence-electron chi connectivity index (χ0n) is 9.88. The Morgan fingerprint density at radius 2 is 1.94 bits per heavy atom. The van der Waals surface area contributed by atoms with Crippen LogP contribution in [0.3, 0.4) is 0 Å². The molecular weight excluding hydrogens is 230 g/mol. The number of aliphatic carboxylic acids is 1. The van der Waals surface area contributed by atoms with Crippen molar-refractivity contribution in [2.45, 2.75) is 32.7 Å². The molecule has 2 atom stereocenters. The van der Waals surface area contributed by atoms with Gasteiger partial charge >= 0.3 is 5.97 Å². The van der Waals surface area contributed by atoms with Crippen molar-refractivity contribution in [3.8, 4) is 0 Å². The zero-order chi connectivity index (χ0) is 12.5. The average Bonchev–Trinajstić information content (AvgIpc) is 2.15. The Morgan fingerprint density at radius 3 is 2.31 bits per heavy atom. The van der Waals surface area contributed by atoms with Gasteiger partial charge in [-0.2, -0.15) is 4.31 Å². The first-order chi connectivity index (χ1) is 7.23. The first kappa shape index (κ1) is 13.4. The number of nitrogens with zero attached hydrogens (tertiary/aromatic N) is 1. The minimum absolute atomic E-state index is 0.255. The molecular formula is C10H19NO4S. The van der Waals surface area contributed by atoms with Crippen molar-refractivity contribution in [3.63, 3.8) is 0 Å². The van der Waals surface area contributed by atoms with Gasteiger partial charge in [-0.25, -0.2) is 8.42 Å². The molecule has 0 aliphatic carbocycles. The number of piperidine rings is 1. The number of hydrogen-bond donors (Lipinski definition) is 1. The Hall–Kier alpha value is -0.620. The Bertz CT molecular complexity index is 363. The van der Waals surface area contributed by atoms with Gasteiger partial charge in [0.1, 0.15) is 6.04 Å². The molecule has 1 fully saturated rings. The normalized spacial score (nSPS) is 28.2. The molecule has 0 aromatic carbocycles. The number of carbonyl (C=O) groups is 1. The third-order valence-electron chi connectivity index (χ3n) is 3.23. The van der Waals surface area contributed by atoms with Crippen molar-refractivity contribution in [2.24, 2.45) is 11.8 Å². The van der Waals surface area contributed by atoms with Crippen LogP contribution in [0.4, 0.5) is 0 Å². The van der Waals surface area contributed by atoms with E-state index in [9.17, 15) is 13.2 Å². The topological polar surface area (TPSA) is 74.7 Å². The lowest BCUT2D eigenvalue weighted by atomic mass is 9.86. The summed E-state index contributed by atoms with van der Waals surface area (Å²) in [5.41, 5.74) is 0. The van der Waals surface area contributed by atoms with Crippen molar-refractivity contribution >= 4 is 16.0 Å². The first-order valence-electron chi connectivity index (χ1n) is 5.43. The van der Waals surface area contributed by atoms with Crippen LogP contribution >= 0.6 is 0 Å². The molecule has 0 aromatic rings. The highest BCUT2D eigenvalue weighted by molar-refractivity contribution is 7.88. The highest BCUT2D eigenvalue weighted by atomic mass is 32.2. The Labute approximate surface area is 96.5 Å². The summed E-state index contributed by atoms with van der Waals surface area (Å²) in [5.74, 6) is -0.419. The van der Waals surface area contributed by atoms with E-state index in [1.807, 2.05) is 13.8 Å². The largest absolute Gasteiger partial charge is 0.480 e. The lowest BCUT2D eigenvalue weighted by Crippen LogP contribution is -2.50. The van der Waals surface area contributed by atoms with Crippen LogP contribution in [0.25, 0.3) is 0 Å². The minimum atomic E-state index is -3.43. The maximum Gasteiger partial charge on any atom is 0.322 e. The van der Waals surface area contributed by atoms with Gasteiger partial charge < -0.3 is 5.11 Å². The maximum atomic E-state index is 11.5. The molecule has 1 N–H and O–H groups in total. The van der Waals surface area contributed by atoms with E-state index in [2.05, 4.69) is 0 Å². The van der Waals surface area contributed by atoms with Crippen LogP contribution in [-0.2, 0) is 14.8 Å². The van der Waals surface area contributed by atoms with E-state index in [0.29, 0.717) is 18.9 Å². The van der Waals surface area contributed by atoms with Gasteiger partial charge in [-0.3, -0.25) is 4.79 Å². The third-order valence-corrected chi connectivity index (χ3v) is 4.48. The maximum absolute atomic E-state index is 11.5. The van der Waals surface area contributed by atoms with E-state index in [1.54, 1.807) is 0 Å². The molecule has 94 valence electrons. The number of carboxylic acid groups (broad SMARTS) is 1. The quantitative estimate of drug-likeness (QED) is 0.801. The van der Waals surface area contributed by atoms with Gasteiger partial charge in [0.05, 0.1) is 6.26 Å². The van der Waals surface area contributed by atoms with Gasteiger partial charge in [0.25, 0.3) is 0 Å². The summed E-state index contributed by atoms with van der Waals surface area (Å²) >= 11 is 0. The standard InChI is InChI=1S/C10H19NO4S/c1-7(2)8-4-5-9(10(12)13)11(6-8)16(3,14)15/h7-9H,4-6H2,1-3H3,(H,12,13). The van der Waals surface area contributed by atoms with Crippen LogP contribution in [0.1, 0.15) is 26.7 Å². The molecule has 6 heteroatoms. The van der Waals surface area contributed by atoms with E-state index in [4.69, 9.17) is 5.11 Å². The summed E-state index contributed by atoms with van der Waals surface area (Å²) in [5, 5.41) is 8.99. The Balaban J connectivity index is 2.91. The van der Waals surface area contributed by atoms with Crippen LogP contribution in [0.15, 0.2) is 0 Å². The van der Waals surface area contributed by atoms with Gasteiger partial charge in [-0.15, -0.1) is 0 Å². The Morgan fingerprint density at radius 1 is 1.38 bits per heavy atom. The zero-order valence-corrected chi connectivity index (χ0v) is 10.7. The SMILES string of the molecule is CC(C)C1CCC(C(=O)O)N(S(C)(=O)=O)C1. The van der Waals surface area contributed by atoms with Gasteiger partial charge in [0.2, 0.25) is 10.0 Å². The smallest absolute Gasteiger partial charge is 0.322 e. The molecule has 1 saturated heterocycles. The molecule has 1 rings (SSSR count). The summed E-state index contributed by atoms with van der Waals surface area (Å²) in [6.07, 6.45) is 2.26.